The molecule has 1 N–H and O–H groups in total. The van der Waals surface area contributed by atoms with E-state index in [0.717, 1.165) is 13.1 Å². The zero-order valence-electron chi connectivity index (χ0n) is 7.02. The smallest absolute Gasteiger partial charge is 0.317 e. The van der Waals surface area contributed by atoms with Crippen LogP contribution in [0.4, 0.5) is 0 Å². The Kier molecular flexibility index (Phi) is 5.20. The van der Waals surface area contributed by atoms with Crippen molar-refractivity contribution in [3.63, 3.8) is 0 Å². The molecule has 72 valence electrons. The summed E-state index contributed by atoms with van der Waals surface area (Å²) in [4.78, 5) is 12.2. The molecule has 12 heavy (non-hydrogen) atoms. The highest BCUT2D eigenvalue weighted by Gasteiger charge is 2.17. The van der Waals surface area contributed by atoms with Crippen molar-refractivity contribution in [2.75, 3.05) is 26.2 Å². The Morgan fingerprint density at radius 1 is 1.75 bits per heavy atom. The molecule has 0 radical (unpaired) electrons. The summed E-state index contributed by atoms with van der Waals surface area (Å²) in [5.74, 6) is -0.765. The highest BCUT2D eigenvalue weighted by atomic mass is 35.5. The molecule has 0 aromatic rings. The third-order valence-corrected chi connectivity index (χ3v) is 1.68. The fraction of sp³-hybridized carbons (Fsp3) is 0.857. The number of carboxylic acid groups (broad SMARTS) is 1. The Bertz CT molecular complexity index is 154. The van der Waals surface area contributed by atoms with Crippen LogP contribution >= 0.6 is 12.4 Å². The van der Waals surface area contributed by atoms with Gasteiger partial charge >= 0.3 is 5.97 Å². The van der Waals surface area contributed by atoms with Gasteiger partial charge in [0.1, 0.15) is 0 Å². The molecule has 1 rings (SSSR count). The quantitative estimate of drug-likeness (QED) is 0.685. The Hall–Kier alpha value is -0.320. The molecular weight excluding hydrogens is 182 g/mol. The summed E-state index contributed by atoms with van der Waals surface area (Å²) in [6.07, 6.45) is 0.170. The summed E-state index contributed by atoms with van der Waals surface area (Å²) >= 11 is 0. The number of nitrogens with zero attached hydrogens (tertiary/aromatic N) is 1. The molecule has 0 amide bonds. The minimum Gasteiger partial charge on any atom is -0.480 e. The normalized spacial score (nSPS) is 24.6. The van der Waals surface area contributed by atoms with E-state index in [1.165, 1.54) is 0 Å². The fourth-order valence-electron chi connectivity index (χ4n) is 1.23. The lowest BCUT2D eigenvalue weighted by Crippen LogP contribution is -2.43. The van der Waals surface area contributed by atoms with Crippen LogP contribution < -0.4 is 0 Å². The van der Waals surface area contributed by atoms with Gasteiger partial charge in [-0.15, -0.1) is 12.4 Å². The van der Waals surface area contributed by atoms with Gasteiger partial charge in [-0.2, -0.15) is 0 Å². The number of morpholine rings is 1. The molecule has 4 nitrogen and oxygen atoms in total. The van der Waals surface area contributed by atoms with Crippen LogP contribution in [0.5, 0.6) is 0 Å². The first-order valence-electron chi connectivity index (χ1n) is 3.74. The second kappa shape index (κ2) is 5.35. The summed E-state index contributed by atoms with van der Waals surface area (Å²) in [7, 11) is 0. The molecule has 0 aliphatic carbocycles. The summed E-state index contributed by atoms with van der Waals surface area (Å²) in [6.45, 7) is 4.19. The minimum absolute atomic E-state index is 0. The van der Waals surface area contributed by atoms with Gasteiger partial charge in [0.15, 0.2) is 0 Å². The molecule has 1 aliphatic heterocycles. The molecule has 1 aliphatic rings. The van der Waals surface area contributed by atoms with Crippen LogP contribution in [-0.4, -0.2) is 48.3 Å². The lowest BCUT2D eigenvalue weighted by molar-refractivity contribution is -0.140. The SMILES string of the molecule is CC1CN(CC(=O)O)CCO1.Cl. The fourth-order valence-corrected chi connectivity index (χ4v) is 1.23. The van der Waals surface area contributed by atoms with Crippen LogP contribution in [0.2, 0.25) is 0 Å². The first-order valence-corrected chi connectivity index (χ1v) is 3.74. The average molecular weight is 196 g/mol. The monoisotopic (exact) mass is 195 g/mol. The van der Waals surface area contributed by atoms with Gasteiger partial charge < -0.3 is 9.84 Å². The number of halogens is 1. The van der Waals surface area contributed by atoms with E-state index in [4.69, 9.17) is 9.84 Å². The maximum atomic E-state index is 10.3. The number of rotatable bonds is 2. The van der Waals surface area contributed by atoms with Gasteiger partial charge in [-0.1, -0.05) is 0 Å². The van der Waals surface area contributed by atoms with Gasteiger partial charge in [0, 0.05) is 13.1 Å². The number of carboxylic acids is 1. The van der Waals surface area contributed by atoms with Crippen molar-refractivity contribution in [2.24, 2.45) is 0 Å². The second-order valence-electron chi connectivity index (χ2n) is 2.81. The zero-order valence-corrected chi connectivity index (χ0v) is 7.84. The molecular formula is C7H14ClNO3. The minimum atomic E-state index is -0.765. The van der Waals surface area contributed by atoms with Crippen LogP contribution in [0.3, 0.4) is 0 Å². The molecule has 0 spiro atoms. The third kappa shape index (κ3) is 3.90. The highest BCUT2D eigenvalue weighted by molar-refractivity contribution is 5.85. The van der Waals surface area contributed by atoms with Crippen molar-refractivity contribution in [2.45, 2.75) is 13.0 Å². The lowest BCUT2D eigenvalue weighted by Gasteiger charge is -2.29. The van der Waals surface area contributed by atoms with Crippen molar-refractivity contribution in [3.05, 3.63) is 0 Å². The van der Waals surface area contributed by atoms with Gasteiger partial charge in [0.2, 0.25) is 0 Å². The van der Waals surface area contributed by atoms with Crippen molar-refractivity contribution in [1.29, 1.82) is 0 Å². The molecule has 1 saturated heterocycles. The van der Waals surface area contributed by atoms with E-state index in [-0.39, 0.29) is 25.1 Å². The maximum absolute atomic E-state index is 10.3. The first-order chi connectivity index (χ1) is 5.18. The molecule has 0 aromatic carbocycles. The van der Waals surface area contributed by atoms with Crippen LogP contribution in [0.15, 0.2) is 0 Å². The van der Waals surface area contributed by atoms with Crippen molar-refractivity contribution >= 4 is 18.4 Å². The van der Waals surface area contributed by atoms with E-state index in [2.05, 4.69) is 0 Å². The molecule has 1 fully saturated rings. The van der Waals surface area contributed by atoms with E-state index < -0.39 is 5.97 Å². The number of carbonyl (C=O) groups is 1. The highest BCUT2D eigenvalue weighted by Crippen LogP contribution is 2.02. The van der Waals surface area contributed by atoms with E-state index >= 15 is 0 Å². The molecule has 0 aromatic heterocycles. The first kappa shape index (κ1) is 11.7. The van der Waals surface area contributed by atoms with Gasteiger partial charge in [0.05, 0.1) is 19.3 Å². The Balaban J connectivity index is 0.00000121. The van der Waals surface area contributed by atoms with Crippen LogP contribution in [0, 0.1) is 0 Å². The number of aliphatic carboxylic acids is 1. The van der Waals surface area contributed by atoms with E-state index in [1.54, 1.807) is 0 Å². The van der Waals surface area contributed by atoms with Gasteiger partial charge in [0.25, 0.3) is 0 Å². The number of ether oxygens (including phenoxy) is 1. The van der Waals surface area contributed by atoms with E-state index in [0.29, 0.717) is 6.61 Å². The molecule has 1 unspecified atom stereocenters. The summed E-state index contributed by atoms with van der Waals surface area (Å²) < 4.78 is 5.26. The van der Waals surface area contributed by atoms with Crippen LogP contribution in [0.25, 0.3) is 0 Å². The molecule has 0 bridgehead atoms. The number of hydrogen-bond donors (Lipinski definition) is 1. The van der Waals surface area contributed by atoms with Crippen LogP contribution in [0.1, 0.15) is 6.92 Å². The third-order valence-electron chi connectivity index (χ3n) is 1.68. The largest absolute Gasteiger partial charge is 0.480 e. The molecule has 1 heterocycles. The predicted molar refractivity (Wildman–Crippen MR) is 46.7 cm³/mol. The topological polar surface area (TPSA) is 49.8 Å². The van der Waals surface area contributed by atoms with Crippen molar-refractivity contribution in [3.8, 4) is 0 Å². The second-order valence-corrected chi connectivity index (χ2v) is 2.81. The van der Waals surface area contributed by atoms with Gasteiger partial charge in [-0.05, 0) is 6.92 Å². The van der Waals surface area contributed by atoms with E-state index in [9.17, 15) is 4.79 Å². The molecule has 1 atom stereocenters. The van der Waals surface area contributed by atoms with Crippen molar-refractivity contribution < 1.29 is 14.6 Å². The van der Waals surface area contributed by atoms with Crippen LogP contribution in [-0.2, 0) is 9.53 Å². The summed E-state index contributed by atoms with van der Waals surface area (Å²) in [5.41, 5.74) is 0. The summed E-state index contributed by atoms with van der Waals surface area (Å²) in [5, 5.41) is 8.47. The molecule has 0 saturated carbocycles. The van der Waals surface area contributed by atoms with Crippen molar-refractivity contribution in [1.82, 2.24) is 4.90 Å². The number of hydrogen-bond acceptors (Lipinski definition) is 3. The summed E-state index contributed by atoms with van der Waals surface area (Å²) in [6, 6.07) is 0. The Morgan fingerprint density at radius 3 is 2.92 bits per heavy atom. The lowest BCUT2D eigenvalue weighted by atomic mass is 10.3. The zero-order chi connectivity index (χ0) is 8.27. The van der Waals surface area contributed by atoms with Gasteiger partial charge in [-0.3, -0.25) is 9.69 Å². The predicted octanol–water partition coefficient (Wildman–Crippen LogP) is 0.214. The maximum Gasteiger partial charge on any atom is 0.317 e. The van der Waals surface area contributed by atoms with Gasteiger partial charge in [-0.25, -0.2) is 0 Å². The standard InChI is InChI=1S/C7H13NO3.ClH/c1-6-4-8(2-3-11-6)5-7(9)10;/h6H,2-5H2,1H3,(H,9,10);1H. The Labute approximate surface area is 77.9 Å². The molecule has 5 heteroatoms. The van der Waals surface area contributed by atoms with E-state index in [1.807, 2.05) is 11.8 Å². The average Bonchev–Trinajstić information content (AvgIpc) is 1.85. The Morgan fingerprint density at radius 2 is 2.42 bits per heavy atom.